The lowest BCUT2D eigenvalue weighted by molar-refractivity contribution is -0.133. The first-order valence-corrected chi connectivity index (χ1v) is 10.6. The number of thioether (sulfide) groups is 1. The average Bonchev–Trinajstić information content (AvgIpc) is 3.47. The van der Waals surface area contributed by atoms with Crippen LogP contribution in [-0.4, -0.2) is 28.0 Å². The number of benzene rings is 2. The van der Waals surface area contributed by atoms with Crippen molar-refractivity contribution in [2.75, 3.05) is 5.32 Å². The smallest absolute Gasteiger partial charge is 0.238 e. The monoisotopic (exact) mass is 438 g/mol. The lowest BCUT2D eigenvalue weighted by Crippen LogP contribution is -2.38. The Bertz CT molecular complexity index is 932. The third-order valence-electron chi connectivity index (χ3n) is 4.82. The maximum Gasteiger partial charge on any atom is 0.238 e. The summed E-state index contributed by atoms with van der Waals surface area (Å²) >= 11 is 13.4. The van der Waals surface area contributed by atoms with Gasteiger partial charge in [0, 0.05) is 33.0 Å². The molecule has 1 aliphatic heterocycles. The minimum Gasteiger partial charge on any atom is -0.335 e. The van der Waals surface area contributed by atoms with E-state index >= 15 is 0 Å². The Morgan fingerprint density at radius 3 is 2.75 bits per heavy atom. The molecule has 1 heterocycles. The van der Waals surface area contributed by atoms with E-state index in [1.807, 2.05) is 6.07 Å². The van der Waals surface area contributed by atoms with Crippen LogP contribution in [0.4, 0.5) is 10.1 Å². The minimum absolute atomic E-state index is 0.0428. The second kappa shape index (κ2) is 7.93. The summed E-state index contributed by atoms with van der Waals surface area (Å²) in [5, 5.41) is 3.11. The molecule has 8 heteroatoms. The number of amides is 2. The molecule has 2 aliphatic rings. The summed E-state index contributed by atoms with van der Waals surface area (Å²) in [5.41, 5.74) is 0.966. The van der Waals surface area contributed by atoms with Gasteiger partial charge in [0.2, 0.25) is 11.8 Å². The first kappa shape index (κ1) is 19.6. The zero-order chi connectivity index (χ0) is 19.8. The molecule has 1 saturated carbocycles. The summed E-state index contributed by atoms with van der Waals surface area (Å²) in [7, 11) is 0. The van der Waals surface area contributed by atoms with Crippen LogP contribution in [0.5, 0.6) is 0 Å². The minimum atomic E-state index is -0.543. The van der Waals surface area contributed by atoms with Gasteiger partial charge in [0.15, 0.2) is 0 Å². The van der Waals surface area contributed by atoms with Crippen molar-refractivity contribution in [2.45, 2.75) is 42.0 Å². The molecule has 4 nitrogen and oxygen atoms in total. The number of carbonyl (C=O) groups is 2. The maximum atomic E-state index is 14.2. The van der Waals surface area contributed by atoms with Crippen LogP contribution in [0.25, 0.3) is 0 Å². The largest absolute Gasteiger partial charge is 0.335 e. The lowest BCUT2D eigenvalue weighted by Gasteiger charge is -2.28. The molecule has 1 atom stereocenters. The van der Waals surface area contributed by atoms with Crippen LogP contribution in [-0.2, 0) is 16.1 Å². The van der Waals surface area contributed by atoms with E-state index in [-0.39, 0.29) is 30.8 Å². The van der Waals surface area contributed by atoms with Gasteiger partial charge in [-0.15, -0.1) is 11.8 Å². The molecule has 1 fully saturated rings. The van der Waals surface area contributed by atoms with Crippen LogP contribution in [0.2, 0.25) is 10.0 Å². The van der Waals surface area contributed by atoms with E-state index < -0.39 is 11.1 Å². The number of hydrogen-bond donors (Lipinski definition) is 1. The lowest BCUT2D eigenvalue weighted by atomic mass is 10.1. The van der Waals surface area contributed by atoms with Gasteiger partial charge >= 0.3 is 0 Å². The van der Waals surface area contributed by atoms with Gasteiger partial charge in [-0.05, 0) is 43.2 Å². The van der Waals surface area contributed by atoms with Crippen molar-refractivity contribution in [3.63, 3.8) is 0 Å². The zero-order valence-corrected chi connectivity index (χ0v) is 17.1. The highest BCUT2D eigenvalue weighted by atomic mass is 35.5. The predicted molar refractivity (Wildman–Crippen MR) is 109 cm³/mol. The topological polar surface area (TPSA) is 49.4 Å². The Balaban J connectivity index is 1.49. The molecule has 1 N–H and O–H groups in total. The van der Waals surface area contributed by atoms with Crippen LogP contribution >= 0.6 is 35.0 Å². The first-order chi connectivity index (χ1) is 13.4. The molecule has 2 aromatic rings. The van der Waals surface area contributed by atoms with E-state index in [4.69, 9.17) is 23.2 Å². The highest BCUT2D eigenvalue weighted by molar-refractivity contribution is 8.01. The van der Waals surface area contributed by atoms with Crippen molar-refractivity contribution >= 4 is 52.5 Å². The summed E-state index contributed by atoms with van der Waals surface area (Å²) < 4.78 is 14.2. The van der Waals surface area contributed by atoms with Crippen LogP contribution in [0.15, 0.2) is 41.3 Å². The van der Waals surface area contributed by atoms with E-state index in [1.165, 1.54) is 23.9 Å². The van der Waals surface area contributed by atoms with Crippen LogP contribution in [0.1, 0.15) is 24.8 Å². The van der Waals surface area contributed by atoms with Crippen LogP contribution in [0, 0.1) is 5.82 Å². The van der Waals surface area contributed by atoms with E-state index in [9.17, 15) is 14.0 Å². The highest BCUT2D eigenvalue weighted by Gasteiger charge is 2.37. The Hall–Kier alpha value is -1.76. The third-order valence-corrected chi connectivity index (χ3v) is 6.68. The van der Waals surface area contributed by atoms with E-state index in [0.717, 1.165) is 17.7 Å². The summed E-state index contributed by atoms with van der Waals surface area (Å²) in [6, 6.07) is 9.84. The van der Waals surface area contributed by atoms with Crippen molar-refractivity contribution in [3.05, 3.63) is 57.8 Å². The third kappa shape index (κ3) is 4.14. The molecule has 0 radical (unpaired) electrons. The molecule has 0 spiro atoms. The standard InChI is InChI=1S/C20H17Cl2FN2O2S/c21-11-4-7-17-16(8-11)24-20(27)18(28-17)9-19(26)25(12-5-6-12)10-13-14(22)2-1-3-15(13)23/h1-4,7-8,12,18H,5-6,9-10H2,(H,24,27). The predicted octanol–water partition coefficient (Wildman–Crippen LogP) is 5.13. The molecule has 146 valence electrons. The maximum absolute atomic E-state index is 14.2. The Morgan fingerprint density at radius 1 is 1.25 bits per heavy atom. The van der Waals surface area contributed by atoms with Gasteiger partial charge < -0.3 is 10.2 Å². The van der Waals surface area contributed by atoms with Crippen molar-refractivity contribution in [3.8, 4) is 0 Å². The van der Waals surface area contributed by atoms with Gasteiger partial charge in [0.25, 0.3) is 0 Å². The summed E-state index contributed by atoms with van der Waals surface area (Å²) in [6.45, 7) is 0.111. The molecule has 28 heavy (non-hydrogen) atoms. The molecule has 2 aromatic carbocycles. The quantitative estimate of drug-likeness (QED) is 0.703. The molecule has 0 bridgehead atoms. The summed E-state index contributed by atoms with van der Waals surface area (Å²) in [6.07, 6.45) is 1.80. The van der Waals surface area contributed by atoms with Gasteiger partial charge in [-0.3, -0.25) is 9.59 Å². The summed E-state index contributed by atoms with van der Waals surface area (Å²) in [5.74, 6) is -0.832. The van der Waals surface area contributed by atoms with Gasteiger partial charge in [0.05, 0.1) is 17.5 Å². The second-order valence-corrected chi connectivity index (χ2v) is 8.98. The number of nitrogens with zero attached hydrogens (tertiary/aromatic N) is 1. The first-order valence-electron chi connectivity index (χ1n) is 8.92. The molecule has 4 rings (SSSR count). The van der Waals surface area contributed by atoms with E-state index in [1.54, 1.807) is 23.1 Å². The van der Waals surface area contributed by atoms with Gasteiger partial charge in [-0.2, -0.15) is 0 Å². The average molecular weight is 439 g/mol. The van der Waals surface area contributed by atoms with E-state index in [2.05, 4.69) is 5.32 Å². The highest BCUT2D eigenvalue weighted by Crippen LogP contribution is 2.39. The number of anilines is 1. The Labute approximate surface area is 176 Å². The van der Waals surface area contributed by atoms with Crippen LogP contribution < -0.4 is 5.32 Å². The number of nitrogens with one attached hydrogen (secondary N) is 1. The Kier molecular flexibility index (Phi) is 5.54. The zero-order valence-electron chi connectivity index (χ0n) is 14.8. The fourth-order valence-corrected chi connectivity index (χ4v) is 4.67. The molecular weight excluding hydrogens is 422 g/mol. The normalized spacial score (nSPS) is 18.4. The number of carbonyl (C=O) groups excluding carboxylic acids is 2. The fraction of sp³-hybridized carbons (Fsp3) is 0.300. The number of halogens is 3. The molecule has 0 saturated heterocycles. The molecule has 1 aliphatic carbocycles. The van der Waals surface area contributed by atoms with Crippen LogP contribution in [0.3, 0.4) is 0 Å². The van der Waals surface area contributed by atoms with Crippen molar-refractivity contribution < 1.29 is 14.0 Å². The number of fused-ring (bicyclic) bond motifs is 1. The van der Waals surface area contributed by atoms with Crippen molar-refractivity contribution in [2.24, 2.45) is 0 Å². The fourth-order valence-electron chi connectivity index (χ4n) is 3.19. The second-order valence-electron chi connectivity index (χ2n) is 6.89. The Morgan fingerprint density at radius 2 is 2.04 bits per heavy atom. The molecule has 0 aromatic heterocycles. The molecular formula is C20H17Cl2FN2O2S. The number of hydrogen-bond acceptors (Lipinski definition) is 3. The number of rotatable bonds is 5. The molecule has 1 unspecified atom stereocenters. The molecule has 2 amide bonds. The van der Waals surface area contributed by atoms with Gasteiger partial charge in [-0.25, -0.2) is 4.39 Å². The van der Waals surface area contributed by atoms with E-state index in [0.29, 0.717) is 21.3 Å². The van der Waals surface area contributed by atoms with Gasteiger partial charge in [0.1, 0.15) is 5.82 Å². The SMILES string of the molecule is O=C1Nc2cc(Cl)ccc2SC1CC(=O)N(Cc1c(F)cccc1Cl)C1CC1. The summed E-state index contributed by atoms with van der Waals surface area (Å²) in [4.78, 5) is 27.9. The van der Waals surface area contributed by atoms with Crippen molar-refractivity contribution in [1.29, 1.82) is 0 Å². The van der Waals surface area contributed by atoms with Crippen molar-refractivity contribution in [1.82, 2.24) is 4.90 Å². The van der Waals surface area contributed by atoms with Gasteiger partial charge in [-0.1, -0.05) is 29.3 Å².